The smallest absolute Gasteiger partial charge is 0.160 e. The van der Waals surface area contributed by atoms with Crippen LogP contribution in [-0.2, 0) is 6.54 Å². The SMILES string of the molecule is Oc1ccc(CNc2cc(Cl)c(F)c(Cl)c2)cc1Cl. The number of benzene rings is 2. The normalized spacial score (nSPS) is 10.5. The van der Waals surface area contributed by atoms with E-state index in [0.717, 1.165) is 5.56 Å². The Labute approximate surface area is 124 Å². The molecule has 0 aromatic heterocycles. The fourth-order valence-corrected chi connectivity index (χ4v) is 2.21. The van der Waals surface area contributed by atoms with Crippen LogP contribution in [0.5, 0.6) is 5.75 Å². The first-order valence-electron chi connectivity index (χ1n) is 5.33. The van der Waals surface area contributed by atoms with Gasteiger partial charge >= 0.3 is 0 Å². The van der Waals surface area contributed by atoms with Crippen molar-refractivity contribution in [1.29, 1.82) is 0 Å². The van der Waals surface area contributed by atoms with Crippen molar-refractivity contribution < 1.29 is 9.50 Å². The van der Waals surface area contributed by atoms with E-state index in [-0.39, 0.29) is 20.8 Å². The summed E-state index contributed by atoms with van der Waals surface area (Å²) in [5, 5.41) is 12.5. The molecule has 0 aliphatic rings. The molecular formula is C13H9Cl3FNO. The van der Waals surface area contributed by atoms with Gasteiger partial charge in [0.15, 0.2) is 5.82 Å². The third-order valence-corrected chi connectivity index (χ3v) is 3.35. The molecular weight excluding hydrogens is 312 g/mol. The predicted molar refractivity (Wildman–Crippen MR) is 76.9 cm³/mol. The number of halogens is 4. The lowest BCUT2D eigenvalue weighted by atomic mass is 10.2. The molecule has 0 bridgehead atoms. The largest absolute Gasteiger partial charge is 0.506 e. The number of hydrogen-bond donors (Lipinski definition) is 2. The molecule has 0 radical (unpaired) electrons. The first-order chi connectivity index (χ1) is 8.97. The summed E-state index contributed by atoms with van der Waals surface area (Å²) in [6.07, 6.45) is 0. The Morgan fingerprint density at radius 2 is 1.63 bits per heavy atom. The first kappa shape index (κ1) is 14.3. The van der Waals surface area contributed by atoms with Crippen molar-refractivity contribution in [2.45, 2.75) is 6.54 Å². The molecule has 2 aromatic rings. The van der Waals surface area contributed by atoms with Crippen molar-refractivity contribution in [3.8, 4) is 5.75 Å². The molecule has 2 rings (SSSR count). The van der Waals surface area contributed by atoms with E-state index in [4.69, 9.17) is 34.8 Å². The Morgan fingerprint density at radius 1 is 1.00 bits per heavy atom. The lowest BCUT2D eigenvalue weighted by Crippen LogP contribution is -2.00. The Morgan fingerprint density at radius 3 is 2.21 bits per heavy atom. The maximum atomic E-state index is 13.2. The maximum Gasteiger partial charge on any atom is 0.160 e. The summed E-state index contributed by atoms with van der Waals surface area (Å²) in [4.78, 5) is 0. The summed E-state index contributed by atoms with van der Waals surface area (Å²) in [7, 11) is 0. The number of nitrogens with one attached hydrogen (secondary N) is 1. The third-order valence-electron chi connectivity index (χ3n) is 2.49. The Bertz CT molecular complexity index is 596. The van der Waals surface area contributed by atoms with E-state index in [1.54, 1.807) is 12.1 Å². The molecule has 0 aliphatic heterocycles. The van der Waals surface area contributed by atoms with E-state index in [1.807, 2.05) is 0 Å². The molecule has 0 spiro atoms. The quantitative estimate of drug-likeness (QED) is 0.771. The van der Waals surface area contributed by atoms with E-state index >= 15 is 0 Å². The minimum Gasteiger partial charge on any atom is -0.506 e. The lowest BCUT2D eigenvalue weighted by molar-refractivity contribution is 0.475. The zero-order chi connectivity index (χ0) is 14.0. The standard InChI is InChI=1S/C13H9Cl3FNO/c14-9-3-7(1-2-12(9)19)6-18-8-4-10(15)13(17)11(16)5-8/h1-5,18-19H,6H2. The van der Waals surface area contributed by atoms with E-state index < -0.39 is 5.82 Å². The molecule has 2 N–H and O–H groups in total. The highest BCUT2D eigenvalue weighted by molar-refractivity contribution is 6.35. The summed E-state index contributed by atoms with van der Waals surface area (Å²) >= 11 is 17.2. The maximum absolute atomic E-state index is 13.2. The van der Waals surface area contributed by atoms with Crippen molar-refractivity contribution in [3.05, 3.63) is 56.8 Å². The van der Waals surface area contributed by atoms with Gasteiger partial charge in [-0.3, -0.25) is 0 Å². The number of hydrogen-bond acceptors (Lipinski definition) is 2. The van der Waals surface area contributed by atoms with Crippen LogP contribution in [0.15, 0.2) is 30.3 Å². The summed E-state index contributed by atoms with van der Waals surface area (Å²) in [6, 6.07) is 7.76. The van der Waals surface area contributed by atoms with Gasteiger partial charge in [0.25, 0.3) is 0 Å². The van der Waals surface area contributed by atoms with E-state index in [1.165, 1.54) is 18.2 Å². The average Bonchev–Trinajstić information content (AvgIpc) is 2.37. The molecule has 19 heavy (non-hydrogen) atoms. The van der Waals surface area contributed by atoms with Crippen molar-refractivity contribution in [2.24, 2.45) is 0 Å². The van der Waals surface area contributed by atoms with Gasteiger partial charge in [0.1, 0.15) is 5.75 Å². The number of rotatable bonds is 3. The monoisotopic (exact) mass is 319 g/mol. The fraction of sp³-hybridized carbons (Fsp3) is 0.0769. The summed E-state index contributed by atoms with van der Waals surface area (Å²) in [5.41, 5.74) is 1.46. The minimum absolute atomic E-state index is 0.0262. The van der Waals surface area contributed by atoms with Crippen molar-refractivity contribution in [1.82, 2.24) is 0 Å². The van der Waals surface area contributed by atoms with Crippen molar-refractivity contribution >= 4 is 40.5 Å². The van der Waals surface area contributed by atoms with E-state index in [0.29, 0.717) is 12.2 Å². The number of phenols is 1. The minimum atomic E-state index is -0.637. The van der Waals surface area contributed by atoms with Gasteiger partial charge < -0.3 is 10.4 Å². The lowest BCUT2D eigenvalue weighted by Gasteiger charge is -2.09. The van der Waals surface area contributed by atoms with Gasteiger partial charge in [0.05, 0.1) is 15.1 Å². The zero-order valence-electron chi connectivity index (χ0n) is 9.55. The number of phenolic OH excluding ortho intramolecular Hbond substituents is 1. The van der Waals surface area contributed by atoms with E-state index in [9.17, 15) is 9.50 Å². The Balaban J connectivity index is 2.12. The van der Waals surface area contributed by atoms with Crippen molar-refractivity contribution in [3.63, 3.8) is 0 Å². The highest BCUT2D eigenvalue weighted by atomic mass is 35.5. The molecule has 0 fully saturated rings. The molecule has 0 saturated heterocycles. The van der Waals surface area contributed by atoms with Gasteiger partial charge in [-0.25, -0.2) is 4.39 Å². The summed E-state index contributed by atoms with van der Waals surface area (Å²) < 4.78 is 13.2. The van der Waals surface area contributed by atoms with Crippen LogP contribution in [0, 0.1) is 5.82 Å². The van der Waals surface area contributed by atoms with Crippen LogP contribution in [-0.4, -0.2) is 5.11 Å². The summed E-state index contributed by atoms with van der Waals surface area (Å²) in [5.74, 6) is -0.611. The molecule has 0 unspecified atom stereocenters. The van der Waals surface area contributed by atoms with Gasteiger partial charge in [-0.2, -0.15) is 0 Å². The number of anilines is 1. The van der Waals surface area contributed by atoms with Crippen LogP contribution in [0.1, 0.15) is 5.56 Å². The van der Waals surface area contributed by atoms with Crippen LogP contribution in [0.25, 0.3) is 0 Å². The molecule has 0 amide bonds. The second kappa shape index (κ2) is 5.87. The van der Waals surface area contributed by atoms with Crippen molar-refractivity contribution in [2.75, 3.05) is 5.32 Å². The van der Waals surface area contributed by atoms with Crippen LogP contribution < -0.4 is 5.32 Å². The van der Waals surface area contributed by atoms with Crippen LogP contribution in [0.4, 0.5) is 10.1 Å². The molecule has 2 aromatic carbocycles. The highest BCUT2D eigenvalue weighted by Gasteiger charge is 2.07. The highest BCUT2D eigenvalue weighted by Crippen LogP contribution is 2.28. The van der Waals surface area contributed by atoms with Gasteiger partial charge in [0, 0.05) is 12.2 Å². The van der Waals surface area contributed by atoms with Gasteiger partial charge in [-0.1, -0.05) is 40.9 Å². The van der Waals surface area contributed by atoms with Gasteiger partial charge in [-0.05, 0) is 29.8 Å². The van der Waals surface area contributed by atoms with Gasteiger partial charge in [-0.15, -0.1) is 0 Å². The Kier molecular flexibility index (Phi) is 4.40. The zero-order valence-corrected chi connectivity index (χ0v) is 11.8. The molecule has 0 aliphatic carbocycles. The van der Waals surface area contributed by atoms with Crippen LogP contribution in [0.2, 0.25) is 15.1 Å². The fourth-order valence-electron chi connectivity index (χ4n) is 1.52. The average molecular weight is 321 g/mol. The summed E-state index contributed by atoms with van der Waals surface area (Å²) in [6.45, 7) is 0.443. The second-order valence-electron chi connectivity index (χ2n) is 3.89. The van der Waals surface area contributed by atoms with Gasteiger partial charge in [0.2, 0.25) is 0 Å². The molecule has 2 nitrogen and oxygen atoms in total. The van der Waals surface area contributed by atoms with Crippen LogP contribution >= 0.6 is 34.8 Å². The topological polar surface area (TPSA) is 32.3 Å². The third kappa shape index (κ3) is 3.44. The number of aromatic hydroxyl groups is 1. The molecule has 0 saturated carbocycles. The first-order valence-corrected chi connectivity index (χ1v) is 6.46. The molecule has 100 valence electrons. The molecule has 0 heterocycles. The molecule has 0 atom stereocenters. The molecule has 6 heteroatoms. The predicted octanol–water partition coefficient (Wildman–Crippen LogP) is 5.10. The van der Waals surface area contributed by atoms with E-state index in [2.05, 4.69) is 5.32 Å². The van der Waals surface area contributed by atoms with Crippen LogP contribution in [0.3, 0.4) is 0 Å². The Hall–Kier alpha value is -1.16. The second-order valence-corrected chi connectivity index (χ2v) is 5.11.